The number of aromatic nitrogens is 1. The van der Waals surface area contributed by atoms with E-state index in [2.05, 4.69) is 11.9 Å². The van der Waals surface area contributed by atoms with Crippen molar-refractivity contribution in [2.24, 2.45) is 7.05 Å². The first-order valence-electron chi connectivity index (χ1n) is 5.63. The van der Waals surface area contributed by atoms with E-state index < -0.39 is 0 Å². The quantitative estimate of drug-likeness (QED) is 0.483. The molecule has 0 spiro atoms. The van der Waals surface area contributed by atoms with E-state index >= 15 is 0 Å². The van der Waals surface area contributed by atoms with Crippen molar-refractivity contribution in [3.63, 3.8) is 0 Å². The second kappa shape index (κ2) is 4.97. The maximum Gasteiger partial charge on any atom is 0.178 e. The minimum Gasteiger partial charge on any atom is -0.350 e. The normalized spacial score (nSPS) is 10.6. The minimum atomic E-state index is 0.114. The molecule has 0 bridgehead atoms. The van der Waals surface area contributed by atoms with E-state index in [4.69, 9.17) is 0 Å². The first-order chi connectivity index (χ1) is 8.24. The van der Waals surface area contributed by atoms with Gasteiger partial charge in [-0.05, 0) is 6.07 Å². The highest BCUT2D eigenvalue weighted by Gasteiger charge is 2.12. The largest absolute Gasteiger partial charge is 0.350 e. The third-order valence-corrected chi connectivity index (χ3v) is 2.77. The van der Waals surface area contributed by atoms with E-state index in [9.17, 15) is 4.79 Å². The van der Waals surface area contributed by atoms with Gasteiger partial charge < -0.3 is 9.88 Å². The number of ketones is 1. The van der Waals surface area contributed by atoms with Crippen LogP contribution in [-0.2, 0) is 7.05 Å². The number of nitrogens with one attached hydrogen (secondary N) is 1. The molecule has 88 valence electrons. The third-order valence-electron chi connectivity index (χ3n) is 2.77. The lowest BCUT2D eigenvalue weighted by molar-refractivity contribution is 0.0994. The fourth-order valence-corrected chi connectivity index (χ4v) is 1.95. The number of hydrogen-bond donors (Lipinski definition) is 1. The summed E-state index contributed by atoms with van der Waals surface area (Å²) in [6.07, 6.45) is 3.64. The van der Waals surface area contributed by atoms with Crippen molar-refractivity contribution in [2.75, 3.05) is 13.1 Å². The van der Waals surface area contributed by atoms with Crippen molar-refractivity contribution < 1.29 is 4.79 Å². The molecular formula is C14H16N2O. The van der Waals surface area contributed by atoms with Gasteiger partial charge in [0.15, 0.2) is 5.78 Å². The lowest BCUT2D eigenvalue weighted by atomic mass is 10.1. The lowest BCUT2D eigenvalue weighted by Gasteiger charge is -1.99. The summed E-state index contributed by atoms with van der Waals surface area (Å²) in [5, 5.41) is 4.04. The Morgan fingerprint density at radius 2 is 2.24 bits per heavy atom. The summed E-state index contributed by atoms with van der Waals surface area (Å²) in [6.45, 7) is 4.60. The minimum absolute atomic E-state index is 0.114. The average Bonchev–Trinajstić information content (AvgIpc) is 2.68. The Hall–Kier alpha value is -1.87. The second-order valence-corrected chi connectivity index (χ2v) is 4.01. The number of aryl methyl sites for hydroxylation is 1. The molecule has 0 saturated heterocycles. The van der Waals surface area contributed by atoms with E-state index in [0.717, 1.165) is 16.5 Å². The van der Waals surface area contributed by atoms with Crippen LogP contribution in [0.3, 0.4) is 0 Å². The third kappa shape index (κ3) is 2.29. The van der Waals surface area contributed by atoms with Gasteiger partial charge in [-0.15, -0.1) is 6.58 Å². The van der Waals surface area contributed by atoms with Crippen molar-refractivity contribution >= 4 is 16.7 Å². The molecule has 0 aliphatic carbocycles. The SMILES string of the molecule is C=CCNCC(=O)c1cn(C)c2ccccc12. The predicted molar refractivity (Wildman–Crippen MR) is 70.3 cm³/mol. The topological polar surface area (TPSA) is 34.0 Å². The van der Waals surface area contributed by atoms with Gasteiger partial charge in [-0.3, -0.25) is 4.79 Å². The van der Waals surface area contributed by atoms with E-state index in [1.807, 2.05) is 42.1 Å². The van der Waals surface area contributed by atoms with Crippen molar-refractivity contribution in [3.05, 3.63) is 48.7 Å². The van der Waals surface area contributed by atoms with Crippen LogP contribution in [0.15, 0.2) is 43.1 Å². The van der Waals surface area contributed by atoms with Gasteiger partial charge in [-0.1, -0.05) is 24.3 Å². The molecule has 0 atom stereocenters. The first-order valence-corrected chi connectivity index (χ1v) is 5.63. The zero-order chi connectivity index (χ0) is 12.3. The molecule has 1 N–H and O–H groups in total. The summed E-state index contributed by atoms with van der Waals surface area (Å²) in [6, 6.07) is 7.93. The summed E-state index contributed by atoms with van der Waals surface area (Å²) in [5.41, 5.74) is 1.86. The molecule has 3 nitrogen and oxygen atoms in total. The number of Topliss-reactive ketones (excluding diaryl/α,β-unsaturated/α-hetero) is 1. The molecule has 0 fully saturated rings. The Morgan fingerprint density at radius 1 is 1.47 bits per heavy atom. The van der Waals surface area contributed by atoms with Gasteiger partial charge in [0.2, 0.25) is 0 Å². The van der Waals surface area contributed by atoms with Crippen molar-refractivity contribution in [1.82, 2.24) is 9.88 Å². The van der Waals surface area contributed by atoms with Crippen LogP contribution >= 0.6 is 0 Å². The Morgan fingerprint density at radius 3 is 3.00 bits per heavy atom. The van der Waals surface area contributed by atoms with Gasteiger partial charge in [-0.2, -0.15) is 0 Å². The number of benzene rings is 1. The second-order valence-electron chi connectivity index (χ2n) is 4.01. The van der Waals surface area contributed by atoms with Crippen molar-refractivity contribution in [1.29, 1.82) is 0 Å². The van der Waals surface area contributed by atoms with E-state index in [1.165, 1.54) is 0 Å². The summed E-state index contributed by atoms with van der Waals surface area (Å²) in [4.78, 5) is 12.0. The Kier molecular flexibility index (Phi) is 3.40. The van der Waals surface area contributed by atoms with Gasteiger partial charge in [-0.25, -0.2) is 0 Å². The number of fused-ring (bicyclic) bond motifs is 1. The number of rotatable bonds is 5. The summed E-state index contributed by atoms with van der Waals surface area (Å²) in [5.74, 6) is 0.114. The molecule has 17 heavy (non-hydrogen) atoms. The van der Waals surface area contributed by atoms with Gasteiger partial charge >= 0.3 is 0 Å². The number of nitrogens with zero attached hydrogens (tertiary/aromatic N) is 1. The molecule has 0 saturated carbocycles. The molecule has 0 unspecified atom stereocenters. The summed E-state index contributed by atoms with van der Waals surface area (Å²) >= 11 is 0. The number of para-hydroxylation sites is 1. The van der Waals surface area contributed by atoms with Crippen molar-refractivity contribution in [2.45, 2.75) is 0 Å². The van der Waals surface area contributed by atoms with E-state index in [1.54, 1.807) is 6.08 Å². The monoisotopic (exact) mass is 228 g/mol. The zero-order valence-electron chi connectivity index (χ0n) is 9.94. The Labute approximate surface area is 101 Å². The molecule has 0 aliphatic heterocycles. The number of hydrogen-bond acceptors (Lipinski definition) is 2. The molecule has 1 aromatic heterocycles. The van der Waals surface area contributed by atoms with Crippen LogP contribution in [0.2, 0.25) is 0 Å². The van der Waals surface area contributed by atoms with Crippen LogP contribution in [0.4, 0.5) is 0 Å². The molecule has 0 radical (unpaired) electrons. The van der Waals surface area contributed by atoms with Crippen molar-refractivity contribution in [3.8, 4) is 0 Å². The van der Waals surface area contributed by atoms with Gasteiger partial charge in [0.1, 0.15) is 0 Å². The fraction of sp³-hybridized carbons (Fsp3) is 0.214. The van der Waals surface area contributed by atoms with E-state index in [-0.39, 0.29) is 5.78 Å². The molecule has 2 rings (SSSR count). The Bertz CT molecular complexity index is 554. The molecule has 0 aliphatic rings. The molecule has 2 aromatic rings. The molecule has 1 aromatic carbocycles. The number of carbonyl (C=O) groups is 1. The smallest absolute Gasteiger partial charge is 0.178 e. The predicted octanol–water partition coefficient (Wildman–Crippen LogP) is 2.14. The molecular weight excluding hydrogens is 212 g/mol. The zero-order valence-corrected chi connectivity index (χ0v) is 9.94. The summed E-state index contributed by atoms with van der Waals surface area (Å²) in [7, 11) is 1.95. The highest BCUT2D eigenvalue weighted by atomic mass is 16.1. The first kappa shape index (κ1) is 11.6. The van der Waals surface area contributed by atoms with Crippen LogP contribution in [0.5, 0.6) is 0 Å². The molecule has 3 heteroatoms. The lowest BCUT2D eigenvalue weighted by Crippen LogP contribution is -2.22. The maximum absolute atomic E-state index is 12.0. The van der Waals surface area contributed by atoms with Crippen LogP contribution in [0.1, 0.15) is 10.4 Å². The highest BCUT2D eigenvalue weighted by Crippen LogP contribution is 2.20. The number of carbonyl (C=O) groups excluding carboxylic acids is 1. The standard InChI is InChI=1S/C14H16N2O/c1-3-8-15-9-14(17)12-10-16(2)13-7-5-4-6-11(12)13/h3-7,10,15H,1,8-9H2,2H3. The molecule has 0 amide bonds. The molecule has 1 heterocycles. The van der Waals surface area contributed by atoms with Crippen LogP contribution < -0.4 is 5.32 Å². The Balaban J connectivity index is 2.29. The van der Waals surface area contributed by atoms with Gasteiger partial charge in [0, 0.05) is 36.3 Å². The maximum atomic E-state index is 12.0. The van der Waals surface area contributed by atoms with Gasteiger partial charge in [0.25, 0.3) is 0 Å². The van der Waals surface area contributed by atoms with Crippen LogP contribution in [0, 0.1) is 0 Å². The van der Waals surface area contributed by atoms with E-state index in [0.29, 0.717) is 13.1 Å². The summed E-state index contributed by atoms with van der Waals surface area (Å²) < 4.78 is 1.98. The highest BCUT2D eigenvalue weighted by molar-refractivity contribution is 6.09. The fourth-order valence-electron chi connectivity index (χ4n) is 1.95. The van der Waals surface area contributed by atoms with Crippen LogP contribution in [-0.4, -0.2) is 23.4 Å². The van der Waals surface area contributed by atoms with Gasteiger partial charge in [0.05, 0.1) is 6.54 Å². The average molecular weight is 228 g/mol. The van der Waals surface area contributed by atoms with Crippen LogP contribution in [0.25, 0.3) is 10.9 Å².